The number of halogens is 2. The number of nitrogens with one attached hydrogen (secondary N) is 1. The van der Waals surface area contributed by atoms with Gasteiger partial charge < -0.3 is 19.4 Å². The number of hydrogen-bond acceptors (Lipinski definition) is 6. The Morgan fingerprint density at radius 1 is 1.04 bits per heavy atom. The monoisotopic (exact) mass is 652 g/mol. The first-order valence-corrected chi connectivity index (χ1v) is 17.1. The molecule has 3 aromatic rings. The Morgan fingerprint density at radius 2 is 1.76 bits per heavy atom. The van der Waals surface area contributed by atoms with E-state index in [1.807, 2.05) is 17.0 Å². The number of nitrogens with zero attached hydrogens (tertiary/aromatic N) is 3. The number of carbonyl (C=O) groups excluding carboxylic acids is 2. The highest BCUT2D eigenvalue weighted by Gasteiger charge is 2.41. The number of carbonyl (C=O) groups is 2. The number of benzene rings is 2. The zero-order chi connectivity index (χ0) is 32.5. The fourth-order valence-electron chi connectivity index (χ4n) is 7.43. The van der Waals surface area contributed by atoms with Gasteiger partial charge in [-0.15, -0.1) is 0 Å². The highest BCUT2D eigenvalue weighted by Crippen LogP contribution is 2.32. The number of ether oxygens (including phenoxy) is 1. The molecule has 2 aromatic carbocycles. The van der Waals surface area contributed by atoms with Crippen LogP contribution in [-0.2, 0) is 16.0 Å². The van der Waals surface area contributed by atoms with Gasteiger partial charge in [0.15, 0.2) is 0 Å². The molecule has 0 radical (unpaired) electrons. The average Bonchev–Trinajstić information content (AvgIpc) is 3.67. The summed E-state index contributed by atoms with van der Waals surface area (Å²) >= 11 is 6.55. The van der Waals surface area contributed by atoms with E-state index in [0.717, 1.165) is 38.3 Å². The second kappa shape index (κ2) is 14.0. The SMILES string of the molecule is CC1CCC(OC[C@@H]2C[C@H](N3C[C@@H](C)N(C)[C@@H](C)C3)CN2C(=O)Cc2cc(Cl)c(NC(=O)c3coc4ccccc34)cc2F)CC1. The van der Waals surface area contributed by atoms with E-state index < -0.39 is 11.7 Å². The fraction of sp³-hybridized carbons (Fsp3) is 0.556. The standard InChI is InChI=1S/C36H46ClFN4O4/c1-22-9-11-28(12-10-22)45-20-27-15-26(41-17-23(2)40(4)24(3)18-41)19-42(27)35(43)14-25-13-31(37)33(16-32(25)38)39-36(44)30-21-46-34-8-6-5-7-29(30)34/h5-8,13,16,21-24,26-28H,9-12,14-15,17-20H2,1-4H3,(H,39,44)/t22?,23-,24+,26-,27-,28?/m0/s1. The minimum absolute atomic E-state index is 0.0657. The third kappa shape index (κ3) is 7.13. The normalized spacial score (nSPS) is 27.7. The maximum atomic E-state index is 15.5. The Kier molecular flexibility index (Phi) is 10.0. The smallest absolute Gasteiger partial charge is 0.259 e. The van der Waals surface area contributed by atoms with Crippen molar-refractivity contribution in [1.82, 2.24) is 14.7 Å². The highest BCUT2D eigenvalue weighted by molar-refractivity contribution is 6.34. The van der Waals surface area contributed by atoms with Gasteiger partial charge in [0.2, 0.25) is 5.91 Å². The Balaban J connectivity index is 1.15. The molecule has 1 aromatic heterocycles. The molecular formula is C36H46ClFN4O4. The van der Waals surface area contributed by atoms with Crippen LogP contribution in [0.25, 0.3) is 11.0 Å². The Bertz CT molecular complexity index is 1540. The van der Waals surface area contributed by atoms with Gasteiger partial charge in [-0.2, -0.15) is 0 Å². The summed E-state index contributed by atoms with van der Waals surface area (Å²) in [5, 5.41) is 3.52. The van der Waals surface area contributed by atoms with Crippen LogP contribution >= 0.6 is 11.6 Å². The van der Waals surface area contributed by atoms with Crippen LogP contribution in [0.15, 0.2) is 47.1 Å². The van der Waals surface area contributed by atoms with E-state index in [1.165, 1.54) is 31.2 Å². The predicted octanol–water partition coefficient (Wildman–Crippen LogP) is 6.61. The van der Waals surface area contributed by atoms with Crippen LogP contribution < -0.4 is 5.32 Å². The van der Waals surface area contributed by atoms with E-state index in [-0.39, 0.29) is 46.8 Å². The van der Waals surface area contributed by atoms with E-state index in [2.05, 4.69) is 42.9 Å². The van der Waals surface area contributed by atoms with Crippen molar-refractivity contribution in [3.8, 4) is 0 Å². The lowest BCUT2D eigenvalue weighted by atomic mass is 9.89. The molecule has 4 atom stereocenters. The van der Waals surface area contributed by atoms with Gasteiger partial charge in [0.05, 0.1) is 41.4 Å². The molecule has 1 saturated carbocycles. The summed E-state index contributed by atoms with van der Waals surface area (Å²) in [7, 11) is 2.18. The molecular weight excluding hydrogens is 607 g/mol. The van der Waals surface area contributed by atoms with Crippen LogP contribution in [0.2, 0.25) is 5.02 Å². The minimum atomic E-state index is -0.591. The van der Waals surface area contributed by atoms with Crippen molar-refractivity contribution in [2.24, 2.45) is 5.92 Å². The fourth-order valence-corrected chi connectivity index (χ4v) is 7.67. The number of rotatable bonds is 8. The minimum Gasteiger partial charge on any atom is -0.463 e. The molecule has 248 valence electrons. The van der Waals surface area contributed by atoms with Crippen LogP contribution in [0.5, 0.6) is 0 Å². The average molecular weight is 653 g/mol. The molecule has 2 amide bonds. The van der Waals surface area contributed by atoms with E-state index in [4.69, 9.17) is 20.8 Å². The van der Waals surface area contributed by atoms with Gasteiger partial charge in [-0.1, -0.05) is 36.7 Å². The van der Waals surface area contributed by atoms with Crippen molar-refractivity contribution >= 4 is 40.1 Å². The van der Waals surface area contributed by atoms with Crippen LogP contribution in [0.3, 0.4) is 0 Å². The van der Waals surface area contributed by atoms with Gasteiger partial charge >= 0.3 is 0 Å². The molecule has 1 aliphatic carbocycles. The summed E-state index contributed by atoms with van der Waals surface area (Å²) < 4.78 is 27.4. The second-order valence-electron chi connectivity index (χ2n) is 13.8. The molecule has 3 heterocycles. The van der Waals surface area contributed by atoms with Gasteiger partial charge in [0.1, 0.15) is 17.7 Å². The first-order chi connectivity index (χ1) is 22.1. The van der Waals surface area contributed by atoms with Gasteiger partial charge in [-0.3, -0.25) is 19.4 Å². The van der Waals surface area contributed by atoms with E-state index >= 15 is 4.39 Å². The number of likely N-dealkylation sites (N-methyl/N-ethyl adjacent to an activating group) is 1. The van der Waals surface area contributed by atoms with Crippen LogP contribution in [-0.4, -0.2) is 90.1 Å². The maximum Gasteiger partial charge on any atom is 0.259 e. The number of hydrogen-bond donors (Lipinski definition) is 1. The molecule has 8 nitrogen and oxygen atoms in total. The van der Waals surface area contributed by atoms with Gasteiger partial charge in [0, 0.05) is 43.1 Å². The molecule has 3 fully saturated rings. The number of anilines is 1. The third-order valence-electron chi connectivity index (χ3n) is 10.6. The molecule has 0 unspecified atom stereocenters. The van der Waals surface area contributed by atoms with Crippen molar-refractivity contribution in [1.29, 1.82) is 0 Å². The predicted molar refractivity (Wildman–Crippen MR) is 179 cm³/mol. The van der Waals surface area contributed by atoms with Gasteiger partial charge in [-0.25, -0.2) is 4.39 Å². The van der Waals surface area contributed by atoms with E-state index in [1.54, 1.807) is 12.1 Å². The molecule has 6 rings (SSSR count). The summed E-state index contributed by atoms with van der Waals surface area (Å²) in [5.74, 6) is -0.449. The number of para-hydroxylation sites is 1. The van der Waals surface area contributed by atoms with Crippen molar-refractivity contribution in [2.45, 2.75) is 89.6 Å². The third-order valence-corrected chi connectivity index (χ3v) is 10.9. The van der Waals surface area contributed by atoms with Crippen molar-refractivity contribution in [2.75, 3.05) is 38.6 Å². The summed E-state index contributed by atoms with van der Waals surface area (Å²) in [6, 6.07) is 10.8. The summed E-state index contributed by atoms with van der Waals surface area (Å²) in [4.78, 5) is 33.7. The zero-order valence-corrected chi connectivity index (χ0v) is 28.1. The molecule has 46 heavy (non-hydrogen) atoms. The highest BCUT2D eigenvalue weighted by atomic mass is 35.5. The summed E-state index contributed by atoms with van der Waals surface area (Å²) in [5.41, 5.74) is 1.25. The molecule has 2 aliphatic heterocycles. The largest absolute Gasteiger partial charge is 0.463 e. The van der Waals surface area contributed by atoms with Gasteiger partial charge in [0.25, 0.3) is 5.91 Å². The summed E-state index contributed by atoms with van der Waals surface area (Å²) in [6.07, 6.45) is 6.79. The topological polar surface area (TPSA) is 78.3 Å². The number of amides is 2. The Hall–Kier alpha value is -2.98. The van der Waals surface area contributed by atoms with E-state index in [9.17, 15) is 9.59 Å². The Morgan fingerprint density at radius 3 is 2.50 bits per heavy atom. The lowest BCUT2D eigenvalue weighted by molar-refractivity contribution is -0.133. The van der Waals surface area contributed by atoms with Gasteiger partial charge in [-0.05, 0) is 82.7 Å². The number of fused-ring (bicyclic) bond motifs is 1. The molecule has 3 aliphatic rings. The lowest BCUT2D eigenvalue weighted by Gasteiger charge is -2.44. The number of furan rings is 1. The number of piperazine rings is 1. The molecule has 0 bridgehead atoms. The Labute approximate surface area is 276 Å². The first kappa shape index (κ1) is 32.9. The maximum absolute atomic E-state index is 15.5. The lowest BCUT2D eigenvalue weighted by Crippen LogP contribution is -2.58. The second-order valence-corrected chi connectivity index (χ2v) is 14.2. The number of likely N-dealkylation sites (tertiary alicyclic amines) is 1. The van der Waals surface area contributed by atoms with E-state index in [0.29, 0.717) is 41.8 Å². The van der Waals surface area contributed by atoms with Crippen LogP contribution in [0, 0.1) is 11.7 Å². The van der Waals surface area contributed by atoms with Crippen molar-refractivity contribution in [3.63, 3.8) is 0 Å². The molecule has 0 spiro atoms. The zero-order valence-electron chi connectivity index (χ0n) is 27.3. The quantitative estimate of drug-likeness (QED) is 0.295. The molecule has 10 heteroatoms. The van der Waals surface area contributed by atoms with Crippen molar-refractivity contribution in [3.05, 3.63) is 64.6 Å². The molecule has 2 saturated heterocycles. The summed E-state index contributed by atoms with van der Waals surface area (Å²) in [6.45, 7) is 9.80. The van der Waals surface area contributed by atoms with Crippen molar-refractivity contribution < 1.29 is 23.1 Å². The molecule has 1 N–H and O–H groups in total. The first-order valence-electron chi connectivity index (χ1n) is 16.7. The van der Waals surface area contributed by atoms with Crippen LogP contribution in [0.1, 0.15) is 68.8 Å². The van der Waals surface area contributed by atoms with Crippen LogP contribution in [0.4, 0.5) is 10.1 Å².